The number of hydrogen-bond acceptors (Lipinski definition) is 7. The number of alkyl halides is 3. The summed E-state index contributed by atoms with van der Waals surface area (Å²) in [6, 6.07) is 19.3. The third-order valence-corrected chi connectivity index (χ3v) is 5.63. The van der Waals surface area contributed by atoms with E-state index in [1.807, 2.05) is 43.3 Å². The maximum Gasteiger partial charge on any atom is 0.422 e. The number of aromatic nitrogens is 3. The van der Waals surface area contributed by atoms with Gasteiger partial charge in [0.05, 0.1) is 0 Å². The normalized spacial score (nSPS) is 11.2. The first-order valence-corrected chi connectivity index (χ1v) is 11.9. The number of carbonyl (C=O) groups excluding carboxylic acids is 1. The van der Waals surface area contributed by atoms with Crippen molar-refractivity contribution < 1.29 is 27.1 Å². The van der Waals surface area contributed by atoms with Gasteiger partial charge in [0, 0.05) is 43.9 Å². The van der Waals surface area contributed by atoms with Gasteiger partial charge in [0.1, 0.15) is 5.82 Å². The number of Topliss-reactive ketones (excluding diaryl/α,β-unsaturated/α-hetero) is 1. The van der Waals surface area contributed by atoms with Crippen LogP contribution in [0.4, 0.5) is 29.2 Å². The summed E-state index contributed by atoms with van der Waals surface area (Å²) >= 11 is 0. The van der Waals surface area contributed by atoms with E-state index >= 15 is 0 Å². The summed E-state index contributed by atoms with van der Waals surface area (Å²) in [4.78, 5) is 27.0. The van der Waals surface area contributed by atoms with Gasteiger partial charge in [0.2, 0.25) is 5.95 Å². The average Bonchev–Trinajstić information content (AvgIpc) is 2.91. The van der Waals surface area contributed by atoms with Crippen LogP contribution in [0.5, 0.6) is 6.01 Å². The molecule has 39 heavy (non-hydrogen) atoms. The Morgan fingerprint density at radius 1 is 0.872 bits per heavy atom. The molecular weight excluding hydrogens is 514 g/mol. The monoisotopic (exact) mass is 539 g/mol. The van der Waals surface area contributed by atoms with Gasteiger partial charge in [0.15, 0.2) is 18.2 Å². The van der Waals surface area contributed by atoms with Crippen LogP contribution in [-0.4, -0.2) is 47.6 Å². The molecule has 202 valence electrons. The molecule has 0 saturated heterocycles. The Kier molecular flexibility index (Phi) is 8.38. The summed E-state index contributed by atoms with van der Waals surface area (Å²) in [5.74, 6) is -0.455. The average molecular weight is 540 g/mol. The molecule has 0 radical (unpaired) electrons. The van der Waals surface area contributed by atoms with Crippen molar-refractivity contribution in [1.82, 2.24) is 15.0 Å². The second-order valence-corrected chi connectivity index (χ2v) is 8.89. The maximum absolute atomic E-state index is 13.2. The molecule has 0 spiro atoms. The quantitative estimate of drug-likeness (QED) is 0.204. The topological polar surface area (TPSA) is 80.2 Å². The summed E-state index contributed by atoms with van der Waals surface area (Å²) in [6.07, 6.45) is -4.37. The number of nitrogens with one attached hydrogen (secondary N) is 1. The molecule has 0 amide bonds. The first-order chi connectivity index (χ1) is 18.6. The fraction of sp³-hybridized carbons (Fsp3) is 0.214. The molecule has 1 N–H and O–H groups in total. The van der Waals surface area contributed by atoms with Gasteiger partial charge in [0.25, 0.3) is 0 Å². The predicted molar refractivity (Wildman–Crippen MR) is 139 cm³/mol. The highest BCUT2D eigenvalue weighted by molar-refractivity contribution is 5.97. The number of hydrogen-bond donors (Lipinski definition) is 1. The molecule has 0 aliphatic heterocycles. The number of anilines is 2. The zero-order chi connectivity index (χ0) is 28.0. The number of carbonyl (C=O) groups is 1. The van der Waals surface area contributed by atoms with Crippen molar-refractivity contribution in [3.05, 3.63) is 95.3 Å². The number of ether oxygens (including phenoxy) is 1. The van der Waals surface area contributed by atoms with Crippen LogP contribution >= 0.6 is 0 Å². The van der Waals surface area contributed by atoms with Gasteiger partial charge in [-0.1, -0.05) is 48.5 Å². The lowest BCUT2D eigenvalue weighted by molar-refractivity contribution is -0.154. The van der Waals surface area contributed by atoms with Crippen molar-refractivity contribution in [1.29, 1.82) is 0 Å². The molecular formula is C28H25F4N5O2. The third kappa shape index (κ3) is 7.97. The number of ketones is 1. The van der Waals surface area contributed by atoms with E-state index in [2.05, 4.69) is 20.3 Å². The minimum atomic E-state index is -4.58. The van der Waals surface area contributed by atoms with Crippen molar-refractivity contribution in [3.8, 4) is 17.4 Å². The Bertz CT molecular complexity index is 1410. The van der Waals surface area contributed by atoms with Crippen LogP contribution in [0.2, 0.25) is 0 Å². The minimum Gasteiger partial charge on any atom is -0.454 e. The van der Waals surface area contributed by atoms with Crippen molar-refractivity contribution in [2.45, 2.75) is 19.1 Å². The summed E-state index contributed by atoms with van der Waals surface area (Å²) in [7, 11) is 3.87. The van der Waals surface area contributed by atoms with Crippen LogP contribution in [0.15, 0.2) is 72.8 Å². The largest absolute Gasteiger partial charge is 0.454 e. The fourth-order valence-electron chi connectivity index (χ4n) is 3.56. The zero-order valence-corrected chi connectivity index (χ0v) is 21.2. The third-order valence-electron chi connectivity index (χ3n) is 5.63. The maximum atomic E-state index is 13.2. The summed E-state index contributed by atoms with van der Waals surface area (Å²) < 4.78 is 56.1. The Morgan fingerprint density at radius 3 is 2.13 bits per heavy atom. The highest BCUT2D eigenvalue weighted by Gasteiger charge is 2.29. The minimum absolute atomic E-state index is 0.0252. The zero-order valence-electron chi connectivity index (χ0n) is 21.2. The standard InChI is InChI=1S/C28H25F4N5O2/c1-37(2)23-13-5-18(6-14-23)15-24(38)20-7-9-21(10-8-20)25-34-26(33-16-19-3-11-22(29)12-4-19)36-27(35-25)39-17-28(30,31)32/h3-14H,15-17H2,1-2H3,(H,33,34,35,36). The lowest BCUT2D eigenvalue weighted by Gasteiger charge is -2.12. The molecule has 7 nitrogen and oxygen atoms in total. The second kappa shape index (κ2) is 11.9. The van der Waals surface area contributed by atoms with Gasteiger partial charge in [-0.15, -0.1) is 0 Å². The highest BCUT2D eigenvalue weighted by atomic mass is 19.4. The highest BCUT2D eigenvalue weighted by Crippen LogP contribution is 2.23. The lowest BCUT2D eigenvalue weighted by atomic mass is 10.0. The van der Waals surface area contributed by atoms with Crippen LogP contribution in [-0.2, 0) is 13.0 Å². The van der Waals surface area contributed by atoms with Gasteiger partial charge in [-0.2, -0.15) is 28.1 Å². The van der Waals surface area contributed by atoms with Gasteiger partial charge >= 0.3 is 12.2 Å². The van der Waals surface area contributed by atoms with Crippen molar-refractivity contribution in [2.75, 3.05) is 30.9 Å². The van der Waals surface area contributed by atoms with Crippen LogP contribution in [0.25, 0.3) is 11.4 Å². The van der Waals surface area contributed by atoms with Crippen LogP contribution in [0.3, 0.4) is 0 Å². The van der Waals surface area contributed by atoms with Gasteiger partial charge in [-0.3, -0.25) is 4.79 Å². The van der Waals surface area contributed by atoms with E-state index in [0.717, 1.165) is 11.3 Å². The Hall–Kier alpha value is -4.54. The molecule has 0 aliphatic rings. The first kappa shape index (κ1) is 27.5. The molecule has 0 unspecified atom stereocenters. The van der Waals surface area contributed by atoms with Crippen molar-refractivity contribution in [2.24, 2.45) is 0 Å². The molecule has 11 heteroatoms. The molecule has 4 rings (SSSR count). The van der Waals surface area contributed by atoms with E-state index in [0.29, 0.717) is 16.7 Å². The molecule has 3 aromatic carbocycles. The second-order valence-electron chi connectivity index (χ2n) is 8.89. The number of nitrogens with zero attached hydrogens (tertiary/aromatic N) is 4. The fourth-order valence-corrected chi connectivity index (χ4v) is 3.56. The van der Waals surface area contributed by atoms with E-state index in [4.69, 9.17) is 4.74 Å². The van der Waals surface area contributed by atoms with Crippen molar-refractivity contribution >= 4 is 17.4 Å². The Morgan fingerprint density at radius 2 is 1.51 bits per heavy atom. The van der Waals surface area contributed by atoms with E-state index in [1.165, 1.54) is 12.1 Å². The van der Waals surface area contributed by atoms with E-state index in [1.54, 1.807) is 36.4 Å². The van der Waals surface area contributed by atoms with Crippen molar-refractivity contribution in [3.63, 3.8) is 0 Å². The lowest BCUT2D eigenvalue weighted by Crippen LogP contribution is -2.20. The molecule has 0 saturated carbocycles. The molecule has 0 atom stereocenters. The Labute approximate surface area is 222 Å². The van der Waals surface area contributed by atoms with E-state index in [-0.39, 0.29) is 30.5 Å². The summed E-state index contributed by atoms with van der Waals surface area (Å²) in [5, 5.41) is 2.89. The number of rotatable bonds is 10. The summed E-state index contributed by atoms with van der Waals surface area (Å²) in [5.41, 5.74) is 3.52. The molecule has 1 aromatic heterocycles. The summed E-state index contributed by atoms with van der Waals surface area (Å²) in [6.45, 7) is -1.39. The first-order valence-electron chi connectivity index (χ1n) is 11.9. The molecule has 1 heterocycles. The number of halogens is 4. The van der Waals surface area contributed by atoms with Crippen LogP contribution in [0.1, 0.15) is 21.5 Å². The molecule has 4 aromatic rings. The van der Waals surface area contributed by atoms with Crippen LogP contribution in [0, 0.1) is 5.82 Å². The van der Waals surface area contributed by atoms with Gasteiger partial charge in [-0.25, -0.2) is 4.39 Å². The molecule has 0 aliphatic carbocycles. The van der Waals surface area contributed by atoms with Gasteiger partial charge in [-0.05, 0) is 35.4 Å². The van der Waals surface area contributed by atoms with E-state index in [9.17, 15) is 22.4 Å². The predicted octanol–water partition coefficient (Wildman–Crippen LogP) is 5.72. The van der Waals surface area contributed by atoms with Gasteiger partial charge < -0.3 is 15.0 Å². The van der Waals surface area contributed by atoms with Crippen LogP contribution < -0.4 is 15.0 Å². The molecule has 0 fully saturated rings. The SMILES string of the molecule is CN(C)c1ccc(CC(=O)c2ccc(-c3nc(NCc4ccc(F)cc4)nc(OCC(F)(F)F)n3)cc2)cc1. The van der Waals surface area contributed by atoms with E-state index < -0.39 is 24.6 Å². The smallest absolute Gasteiger partial charge is 0.422 e. The number of benzene rings is 3. The molecule has 0 bridgehead atoms. The Balaban J connectivity index is 1.52.